The van der Waals surface area contributed by atoms with Crippen molar-refractivity contribution >= 4 is 0 Å². The molecule has 0 spiro atoms. The van der Waals surface area contributed by atoms with Gasteiger partial charge in [0.2, 0.25) is 0 Å². The van der Waals surface area contributed by atoms with Crippen LogP contribution in [0.2, 0.25) is 0 Å². The highest BCUT2D eigenvalue weighted by Crippen LogP contribution is 2.21. The van der Waals surface area contributed by atoms with E-state index in [0.717, 1.165) is 12.0 Å². The first-order valence-electron chi connectivity index (χ1n) is 5.48. The van der Waals surface area contributed by atoms with Crippen molar-refractivity contribution in [1.82, 2.24) is 4.90 Å². The van der Waals surface area contributed by atoms with Crippen molar-refractivity contribution in [1.29, 1.82) is 0 Å². The Kier molecular flexibility index (Phi) is 4.07. The summed E-state index contributed by atoms with van der Waals surface area (Å²) in [5, 5.41) is 0. The number of hydrogen-bond donors (Lipinski definition) is 0. The second-order valence-electron chi connectivity index (χ2n) is 4.41. The molecule has 0 aromatic heterocycles. The molecule has 1 rings (SSSR count). The summed E-state index contributed by atoms with van der Waals surface area (Å²) in [6, 6.07) is 0.892. The molecule has 1 unspecified atom stereocenters. The maximum absolute atomic E-state index is 2.66. The largest absolute Gasteiger partial charge is 0.301 e. The van der Waals surface area contributed by atoms with Gasteiger partial charge in [-0.2, -0.15) is 0 Å². The minimum absolute atomic E-state index is 0.863. The van der Waals surface area contributed by atoms with Gasteiger partial charge in [-0.05, 0) is 38.3 Å². The molecular formula is C11H23N. The maximum atomic E-state index is 2.66. The molecule has 1 atom stereocenters. The molecule has 1 nitrogen and oxygen atoms in total. The van der Waals surface area contributed by atoms with Crippen LogP contribution in [0.1, 0.15) is 46.5 Å². The maximum Gasteiger partial charge on any atom is 0.00975 e. The van der Waals surface area contributed by atoms with E-state index >= 15 is 0 Å². The molecule has 1 aliphatic heterocycles. The van der Waals surface area contributed by atoms with Crippen molar-refractivity contribution in [3.63, 3.8) is 0 Å². The smallest absolute Gasteiger partial charge is 0.00975 e. The predicted octanol–water partition coefficient (Wildman–Crippen LogP) is 2.91. The van der Waals surface area contributed by atoms with E-state index in [-0.39, 0.29) is 0 Å². The van der Waals surface area contributed by atoms with E-state index in [0.29, 0.717) is 0 Å². The quantitative estimate of drug-likeness (QED) is 0.628. The summed E-state index contributed by atoms with van der Waals surface area (Å²) in [4.78, 5) is 2.66. The fourth-order valence-electron chi connectivity index (χ4n) is 2.29. The molecule has 1 saturated heterocycles. The average molecular weight is 169 g/mol. The second-order valence-corrected chi connectivity index (χ2v) is 4.41. The molecule has 1 aliphatic rings. The van der Waals surface area contributed by atoms with Crippen molar-refractivity contribution in [2.45, 2.75) is 52.5 Å². The number of hydrogen-bond acceptors (Lipinski definition) is 1. The van der Waals surface area contributed by atoms with Crippen LogP contribution in [0.5, 0.6) is 0 Å². The number of piperidine rings is 1. The summed E-state index contributed by atoms with van der Waals surface area (Å²) in [7, 11) is 0. The van der Waals surface area contributed by atoms with Crippen LogP contribution in [0.25, 0.3) is 0 Å². The zero-order chi connectivity index (χ0) is 8.97. The first kappa shape index (κ1) is 10.0. The highest BCUT2D eigenvalue weighted by Gasteiger charge is 2.20. The Bertz CT molecular complexity index is 120. The monoisotopic (exact) mass is 169 g/mol. The van der Waals surface area contributed by atoms with Gasteiger partial charge < -0.3 is 4.90 Å². The number of likely N-dealkylation sites (tertiary alicyclic amines) is 1. The first-order valence-corrected chi connectivity index (χ1v) is 5.48. The minimum Gasteiger partial charge on any atom is -0.301 e. The van der Waals surface area contributed by atoms with Crippen LogP contribution < -0.4 is 0 Å². The second kappa shape index (κ2) is 4.86. The Balaban J connectivity index is 2.36. The Morgan fingerprint density at radius 1 is 1.33 bits per heavy atom. The minimum atomic E-state index is 0.863. The fraction of sp³-hybridized carbons (Fsp3) is 1.00. The highest BCUT2D eigenvalue weighted by atomic mass is 15.2. The Morgan fingerprint density at radius 2 is 2.08 bits per heavy atom. The molecular weight excluding hydrogens is 146 g/mol. The first-order chi connectivity index (χ1) is 5.74. The van der Waals surface area contributed by atoms with E-state index in [9.17, 15) is 0 Å². The third-order valence-electron chi connectivity index (χ3n) is 2.90. The molecule has 0 saturated carbocycles. The van der Waals surface area contributed by atoms with Crippen LogP contribution in [0, 0.1) is 5.92 Å². The molecule has 0 N–H and O–H groups in total. The average Bonchev–Trinajstić information content (AvgIpc) is 2.04. The summed E-state index contributed by atoms with van der Waals surface area (Å²) in [5.74, 6) is 0.863. The molecule has 0 aromatic carbocycles. The highest BCUT2D eigenvalue weighted by molar-refractivity contribution is 4.76. The van der Waals surface area contributed by atoms with Crippen molar-refractivity contribution in [3.05, 3.63) is 0 Å². The molecule has 1 heteroatoms. The van der Waals surface area contributed by atoms with Crippen molar-refractivity contribution in [2.24, 2.45) is 5.92 Å². The number of rotatable bonds is 3. The molecule has 0 bridgehead atoms. The molecule has 1 heterocycles. The van der Waals surface area contributed by atoms with Crippen LogP contribution in [0.3, 0.4) is 0 Å². The van der Waals surface area contributed by atoms with Crippen molar-refractivity contribution in [3.8, 4) is 0 Å². The van der Waals surface area contributed by atoms with Crippen LogP contribution in [-0.2, 0) is 0 Å². The van der Waals surface area contributed by atoms with E-state index in [1.54, 1.807) is 0 Å². The van der Waals surface area contributed by atoms with Gasteiger partial charge in [-0.25, -0.2) is 0 Å². The van der Waals surface area contributed by atoms with Gasteiger partial charge in [0, 0.05) is 6.04 Å². The van der Waals surface area contributed by atoms with E-state index in [1.807, 2.05) is 0 Å². The van der Waals surface area contributed by atoms with Crippen LogP contribution in [0.4, 0.5) is 0 Å². The third kappa shape index (κ3) is 2.78. The Morgan fingerprint density at radius 3 is 2.67 bits per heavy atom. The number of nitrogens with zero attached hydrogens (tertiary/aromatic N) is 1. The van der Waals surface area contributed by atoms with Gasteiger partial charge in [0.25, 0.3) is 0 Å². The van der Waals surface area contributed by atoms with Crippen LogP contribution in [0.15, 0.2) is 0 Å². The van der Waals surface area contributed by atoms with Gasteiger partial charge in [-0.15, -0.1) is 0 Å². The third-order valence-corrected chi connectivity index (χ3v) is 2.90. The topological polar surface area (TPSA) is 3.24 Å². The molecule has 12 heavy (non-hydrogen) atoms. The van der Waals surface area contributed by atoms with Gasteiger partial charge in [0.1, 0.15) is 0 Å². The van der Waals surface area contributed by atoms with E-state index in [2.05, 4.69) is 25.7 Å². The molecule has 72 valence electrons. The van der Waals surface area contributed by atoms with Gasteiger partial charge in [0.15, 0.2) is 0 Å². The molecule has 0 radical (unpaired) electrons. The molecule has 0 aliphatic carbocycles. The Labute approximate surface area is 77.1 Å². The van der Waals surface area contributed by atoms with Gasteiger partial charge in [-0.1, -0.05) is 27.2 Å². The standard InChI is InChI=1S/C11H23N/c1-4-12-8-6-5-7-11(12)9-10(2)3/h10-11H,4-9H2,1-3H3. The molecule has 0 aromatic rings. The lowest BCUT2D eigenvalue weighted by atomic mass is 9.94. The Hall–Kier alpha value is -0.0400. The van der Waals surface area contributed by atoms with Gasteiger partial charge in [-0.3, -0.25) is 0 Å². The summed E-state index contributed by atoms with van der Waals surface area (Å²) in [6.07, 6.45) is 5.70. The lowest BCUT2D eigenvalue weighted by molar-refractivity contribution is 0.136. The van der Waals surface area contributed by atoms with Crippen molar-refractivity contribution in [2.75, 3.05) is 13.1 Å². The summed E-state index contributed by atoms with van der Waals surface area (Å²) < 4.78 is 0. The normalized spacial score (nSPS) is 26.5. The van der Waals surface area contributed by atoms with Gasteiger partial charge in [0.05, 0.1) is 0 Å². The van der Waals surface area contributed by atoms with Crippen molar-refractivity contribution < 1.29 is 0 Å². The molecule has 1 fully saturated rings. The van der Waals surface area contributed by atoms with E-state index in [4.69, 9.17) is 0 Å². The summed E-state index contributed by atoms with van der Waals surface area (Å²) >= 11 is 0. The lowest BCUT2D eigenvalue weighted by Gasteiger charge is -2.35. The fourth-order valence-corrected chi connectivity index (χ4v) is 2.29. The molecule has 0 amide bonds. The lowest BCUT2D eigenvalue weighted by Crippen LogP contribution is -2.39. The van der Waals surface area contributed by atoms with E-state index in [1.165, 1.54) is 38.8 Å². The van der Waals surface area contributed by atoms with E-state index < -0.39 is 0 Å². The summed E-state index contributed by atoms with van der Waals surface area (Å²) in [5.41, 5.74) is 0. The zero-order valence-corrected chi connectivity index (χ0v) is 8.84. The SMILES string of the molecule is CCN1CCCCC1CC(C)C. The van der Waals surface area contributed by atoms with Crippen LogP contribution in [-0.4, -0.2) is 24.0 Å². The zero-order valence-electron chi connectivity index (χ0n) is 8.84. The van der Waals surface area contributed by atoms with Crippen LogP contribution >= 0.6 is 0 Å². The van der Waals surface area contributed by atoms with Gasteiger partial charge >= 0.3 is 0 Å². The predicted molar refractivity (Wildman–Crippen MR) is 54.3 cm³/mol. The summed E-state index contributed by atoms with van der Waals surface area (Å²) in [6.45, 7) is 9.55.